The Bertz CT molecular complexity index is 933. The van der Waals surface area contributed by atoms with Gasteiger partial charge in [0.25, 0.3) is 22.1 Å². The number of nitro benzene ring substituents is 1. The van der Waals surface area contributed by atoms with Crippen molar-refractivity contribution in [2.45, 2.75) is 30.3 Å². The molecule has 3 rings (SSSR count). The largest absolute Gasteiger partial charge is 0.304 e. The lowest BCUT2D eigenvalue weighted by atomic mass is 9.96. The van der Waals surface area contributed by atoms with E-state index >= 15 is 0 Å². The molecule has 2 aromatic rings. The van der Waals surface area contributed by atoms with E-state index in [1.807, 2.05) is 0 Å². The van der Waals surface area contributed by atoms with E-state index in [0.29, 0.717) is 11.1 Å². The Morgan fingerprint density at radius 1 is 1.15 bits per heavy atom. The van der Waals surface area contributed by atoms with Gasteiger partial charge < -0.3 is 5.32 Å². The lowest BCUT2D eigenvalue weighted by Gasteiger charge is -2.26. The smallest absolute Gasteiger partial charge is 0.269 e. The molecule has 26 heavy (non-hydrogen) atoms. The van der Waals surface area contributed by atoms with Gasteiger partial charge in [0, 0.05) is 24.4 Å². The zero-order valence-corrected chi connectivity index (χ0v) is 14.2. The fourth-order valence-corrected chi connectivity index (χ4v) is 3.84. The van der Waals surface area contributed by atoms with Gasteiger partial charge >= 0.3 is 0 Å². The van der Waals surface area contributed by atoms with Crippen LogP contribution >= 0.6 is 0 Å². The summed E-state index contributed by atoms with van der Waals surface area (Å²) in [5.74, 6) is 0. The van der Waals surface area contributed by atoms with Gasteiger partial charge in [0.1, 0.15) is 0 Å². The number of rotatable bonds is 5. The van der Waals surface area contributed by atoms with Crippen LogP contribution in [0.25, 0.3) is 0 Å². The Morgan fingerprint density at radius 2 is 1.85 bits per heavy atom. The summed E-state index contributed by atoms with van der Waals surface area (Å²) in [7, 11) is -3.91. The molecule has 1 unspecified atom stereocenters. The van der Waals surface area contributed by atoms with Crippen LogP contribution in [0.1, 0.15) is 11.1 Å². The number of sulfonamides is 1. The maximum Gasteiger partial charge on any atom is 0.269 e. The Balaban J connectivity index is 1.81. The molecule has 0 fully saturated rings. The number of benzene rings is 2. The quantitative estimate of drug-likeness (QED) is 0.611. The fourth-order valence-electron chi connectivity index (χ4n) is 2.73. The maximum absolute atomic E-state index is 12.8. The van der Waals surface area contributed by atoms with Crippen molar-refractivity contribution in [3.8, 4) is 0 Å². The topological polar surface area (TPSA) is 101 Å². The lowest BCUT2D eigenvalue weighted by Crippen LogP contribution is -2.40. The summed E-state index contributed by atoms with van der Waals surface area (Å²) in [6, 6.07) is 8.38. The number of nitro groups is 1. The zero-order chi connectivity index (χ0) is 18.9. The molecule has 7 nitrogen and oxygen atoms in total. The van der Waals surface area contributed by atoms with Crippen molar-refractivity contribution in [1.29, 1.82) is 0 Å². The van der Waals surface area contributed by atoms with Gasteiger partial charge in [-0.05, 0) is 41.8 Å². The van der Waals surface area contributed by atoms with E-state index in [4.69, 9.17) is 0 Å². The predicted octanol–water partition coefficient (Wildman–Crippen LogP) is 2.68. The van der Waals surface area contributed by atoms with Crippen molar-refractivity contribution >= 4 is 21.4 Å². The molecule has 0 saturated heterocycles. The molecule has 0 aromatic heterocycles. The SMILES string of the molecule is O=[N+]([O-])c1ccc(NS(=O)(=O)c2ccc3c(c2)CNC(C(F)F)C3)cc1. The van der Waals surface area contributed by atoms with Gasteiger partial charge in [-0.3, -0.25) is 14.8 Å². The van der Waals surface area contributed by atoms with E-state index in [1.165, 1.54) is 42.5 Å². The minimum atomic E-state index is -3.91. The van der Waals surface area contributed by atoms with Crippen molar-refractivity contribution in [1.82, 2.24) is 5.32 Å². The van der Waals surface area contributed by atoms with Crippen molar-refractivity contribution in [3.05, 3.63) is 63.7 Å². The average Bonchev–Trinajstić information content (AvgIpc) is 2.60. The summed E-state index contributed by atoms with van der Waals surface area (Å²) in [5, 5.41) is 13.3. The van der Waals surface area contributed by atoms with Gasteiger partial charge in [0.15, 0.2) is 0 Å². The van der Waals surface area contributed by atoms with Crippen LogP contribution in [0.5, 0.6) is 0 Å². The van der Waals surface area contributed by atoms with Crippen LogP contribution in [0.4, 0.5) is 20.2 Å². The van der Waals surface area contributed by atoms with Gasteiger partial charge in [-0.2, -0.15) is 0 Å². The van der Waals surface area contributed by atoms with Crippen LogP contribution in [-0.2, 0) is 23.0 Å². The van der Waals surface area contributed by atoms with Gasteiger partial charge in [0.2, 0.25) is 0 Å². The van der Waals surface area contributed by atoms with Crippen molar-refractivity contribution in [2.75, 3.05) is 4.72 Å². The maximum atomic E-state index is 12.8. The first-order valence-electron chi connectivity index (χ1n) is 7.67. The summed E-state index contributed by atoms with van der Waals surface area (Å²) in [6.45, 7) is 0.158. The lowest BCUT2D eigenvalue weighted by molar-refractivity contribution is -0.384. The molecule has 1 heterocycles. The second-order valence-electron chi connectivity index (χ2n) is 5.87. The van der Waals surface area contributed by atoms with Gasteiger partial charge in [-0.1, -0.05) is 6.07 Å². The first-order chi connectivity index (χ1) is 12.3. The fraction of sp³-hybridized carbons (Fsp3) is 0.250. The molecule has 2 aromatic carbocycles. The molecular formula is C16H15F2N3O4S. The van der Waals surface area contributed by atoms with E-state index < -0.39 is 27.4 Å². The highest BCUT2D eigenvalue weighted by molar-refractivity contribution is 7.92. The van der Waals surface area contributed by atoms with Crippen molar-refractivity contribution in [2.24, 2.45) is 0 Å². The Hall–Kier alpha value is -2.59. The minimum Gasteiger partial charge on any atom is -0.304 e. The molecule has 10 heteroatoms. The minimum absolute atomic E-state index is 0.00750. The molecule has 138 valence electrons. The summed E-state index contributed by atoms with van der Waals surface area (Å²) < 4.78 is 52.9. The molecule has 0 spiro atoms. The molecule has 1 aliphatic heterocycles. The number of alkyl halides is 2. The molecule has 0 amide bonds. The Labute approximate surface area is 148 Å². The monoisotopic (exact) mass is 383 g/mol. The third-order valence-electron chi connectivity index (χ3n) is 4.12. The number of fused-ring (bicyclic) bond motifs is 1. The number of halogens is 2. The van der Waals surface area contributed by atoms with E-state index in [2.05, 4.69) is 10.0 Å². The first kappa shape index (κ1) is 18.2. The third kappa shape index (κ3) is 3.81. The van der Waals surface area contributed by atoms with Crippen LogP contribution in [0.3, 0.4) is 0 Å². The second kappa shape index (κ2) is 6.96. The van der Waals surface area contributed by atoms with Crippen molar-refractivity contribution in [3.63, 3.8) is 0 Å². The Morgan fingerprint density at radius 3 is 2.46 bits per heavy atom. The standard InChI is InChI=1S/C16H15F2N3O4S/c17-16(18)15-8-10-1-6-14(7-11(10)9-19-15)26(24,25)20-12-2-4-13(5-3-12)21(22)23/h1-7,15-16,19-20H,8-9H2. The average molecular weight is 383 g/mol. The molecule has 0 radical (unpaired) electrons. The van der Waals surface area contributed by atoms with Gasteiger partial charge in [-0.15, -0.1) is 0 Å². The Kier molecular flexibility index (Phi) is 4.88. The molecule has 0 aliphatic carbocycles. The van der Waals surface area contributed by atoms with Crippen LogP contribution in [-0.4, -0.2) is 25.8 Å². The van der Waals surface area contributed by atoms with E-state index in [0.717, 1.165) is 0 Å². The van der Waals surface area contributed by atoms with Gasteiger partial charge in [-0.25, -0.2) is 17.2 Å². The molecule has 1 aliphatic rings. The normalized spacial score (nSPS) is 17.0. The number of hydrogen-bond donors (Lipinski definition) is 2. The van der Waals surface area contributed by atoms with E-state index in [-0.39, 0.29) is 29.2 Å². The number of nitrogens with one attached hydrogen (secondary N) is 2. The summed E-state index contributed by atoms with van der Waals surface area (Å²) in [6.07, 6.45) is -2.36. The highest BCUT2D eigenvalue weighted by atomic mass is 32.2. The number of anilines is 1. The zero-order valence-electron chi connectivity index (χ0n) is 13.4. The van der Waals surface area contributed by atoms with Gasteiger partial charge in [0.05, 0.1) is 15.9 Å². The molecular weight excluding hydrogens is 368 g/mol. The number of nitrogens with zero attached hydrogens (tertiary/aromatic N) is 1. The summed E-state index contributed by atoms with van der Waals surface area (Å²) >= 11 is 0. The summed E-state index contributed by atoms with van der Waals surface area (Å²) in [5.41, 5.74) is 1.36. The van der Waals surface area contributed by atoms with E-state index in [9.17, 15) is 27.3 Å². The molecule has 0 saturated carbocycles. The summed E-state index contributed by atoms with van der Waals surface area (Å²) in [4.78, 5) is 10.0. The van der Waals surface area contributed by atoms with Crippen LogP contribution in [0.2, 0.25) is 0 Å². The predicted molar refractivity (Wildman–Crippen MR) is 90.7 cm³/mol. The number of non-ortho nitro benzene ring substituents is 1. The highest BCUT2D eigenvalue weighted by Crippen LogP contribution is 2.25. The molecule has 0 bridgehead atoms. The van der Waals surface area contributed by atoms with Crippen LogP contribution < -0.4 is 10.0 Å². The second-order valence-corrected chi connectivity index (χ2v) is 7.55. The first-order valence-corrected chi connectivity index (χ1v) is 9.15. The van der Waals surface area contributed by atoms with Crippen molar-refractivity contribution < 1.29 is 22.1 Å². The molecule has 1 atom stereocenters. The number of hydrogen-bond acceptors (Lipinski definition) is 5. The van der Waals surface area contributed by atoms with E-state index in [1.54, 1.807) is 0 Å². The van der Waals surface area contributed by atoms with Crippen LogP contribution in [0, 0.1) is 10.1 Å². The highest BCUT2D eigenvalue weighted by Gasteiger charge is 2.26. The molecule has 2 N–H and O–H groups in total. The third-order valence-corrected chi connectivity index (χ3v) is 5.50. The van der Waals surface area contributed by atoms with Crippen LogP contribution in [0.15, 0.2) is 47.4 Å².